The number of anilines is 1. The molecule has 0 bridgehead atoms. The van der Waals surface area contributed by atoms with Gasteiger partial charge < -0.3 is 10.1 Å². The largest absolute Gasteiger partial charge is 0.448 e. The number of rotatable bonds is 4. The number of carbonyl (C=O) groups excluding carboxylic acids is 2. The third-order valence-corrected chi connectivity index (χ3v) is 2.74. The Balaban J connectivity index is 1.93. The minimum Gasteiger partial charge on any atom is -0.448 e. The molecule has 6 nitrogen and oxygen atoms in total. The molecule has 1 N–H and O–H groups in total. The van der Waals surface area contributed by atoms with Crippen LogP contribution in [0.25, 0.3) is 0 Å². The second-order valence-electron chi connectivity index (χ2n) is 4.49. The average Bonchev–Trinajstić information content (AvgIpc) is 2.50. The fraction of sp³-hybridized carbons (Fsp3) is 0.200. The third kappa shape index (κ3) is 4.10. The first-order valence-electron chi connectivity index (χ1n) is 6.41. The van der Waals surface area contributed by atoms with Crippen LogP contribution in [-0.2, 0) is 9.53 Å². The van der Waals surface area contributed by atoms with Crippen molar-refractivity contribution in [3.8, 4) is 0 Å². The quantitative estimate of drug-likeness (QED) is 0.868. The Morgan fingerprint density at radius 1 is 1.19 bits per heavy atom. The van der Waals surface area contributed by atoms with E-state index in [0.29, 0.717) is 5.69 Å². The van der Waals surface area contributed by atoms with E-state index in [1.54, 1.807) is 12.1 Å². The van der Waals surface area contributed by atoms with E-state index < -0.39 is 18.0 Å². The smallest absolute Gasteiger partial charge is 0.359 e. The SMILES string of the molecule is Cc1ccc(NC(=O)[C@H](C)OC(=O)c2cnccn2)cc1. The van der Waals surface area contributed by atoms with Crippen LogP contribution in [0.1, 0.15) is 23.0 Å². The van der Waals surface area contributed by atoms with Gasteiger partial charge in [0.2, 0.25) is 0 Å². The molecule has 0 fully saturated rings. The molecule has 0 unspecified atom stereocenters. The minimum absolute atomic E-state index is 0.0625. The first-order valence-corrected chi connectivity index (χ1v) is 6.41. The van der Waals surface area contributed by atoms with Gasteiger partial charge in [0.1, 0.15) is 0 Å². The molecule has 1 atom stereocenters. The van der Waals surface area contributed by atoms with Crippen LogP contribution in [0.2, 0.25) is 0 Å². The van der Waals surface area contributed by atoms with E-state index in [4.69, 9.17) is 4.74 Å². The molecule has 0 radical (unpaired) electrons. The number of nitrogens with one attached hydrogen (secondary N) is 1. The Hall–Kier alpha value is -2.76. The van der Waals surface area contributed by atoms with Crippen molar-refractivity contribution in [2.75, 3.05) is 5.32 Å². The van der Waals surface area contributed by atoms with E-state index in [0.717, 1.165) is 5.56 Å². The Labute approximate surface area is 122 Å². The van der Waals surface area contributed by atoms with E-state index >= 15 is 0 Å². The number of amides is 1. The molecule has 1 aromatic heterocycles. The fourth-order valence-corrected chi connectivity index (χ4v) is 1.56. The Kier molecular flexibility index (Phi) is 4.61. The number of ether oxygens (including phenoxy) is 1. The molecule has 2 aromatic rings. The van der Waals surface area contributed by atoms with Crippen LogP contribution in [0.5, 0.6) is 0 Å². The summed E-state index contributed by atoms with van der Waals surface area (Å²) in [5, 5.41) is 2.67. The summed E-state index contributed by atoms with van der Waals surface area (Å²) in [5.74, 6) is -1.09. The normalized spacial score (nSPS) is 11.5. The molecule has 0 saturated carbocycles. The second-order valence-corrected chi connectivity index (χ2v) is 4.49. The monoisotopic (exact) mass is 285 g/mol. The van der Waals surface area contributed by atoms with Crippen molar-refractivity contribution >= 4 is 17.6 Å². The summed E-state index contributed by atoms with van der Waals surface area (Å²) in [6, 6.07) is 7.33. The van der Waals surface area contributed by atoms with E-state index in [1.807, 2.05) is 19.1 Å². The highest BCUT2D eigenvalue weighted by molar-refractivity contribution is 5.96. The zero-order valence-electron chi connectivity index (χ0n) is 11.7. The highest BCUT2D eigenvalue weighted by atomic mass is 16.5. The summed E-state index contributed by atoms with van der Waals surface area (Å²) in [6.07, 6.45) is 3.19. The van der Waals surface area contributed by atoms with Crippen molar-refractivity contribution in [1.82, 2.24) is 9.97 Å². The van der Waals surface area contributed by atoms with Gasteiger partial charge >= 0.3 is 5.97 Å². The molecule has 0 saturated heterocycles. The molecule has 1 heterocycles. The van der Waals surface area contributed by atoms with Gasteiger partial charge in [-0.3, -0.25) is 9.78 Å². The first-order chi connectivity index (χ1) is 10.1. The van der Waals surface area contributed by atoms with Gasteiger partial charge in [-0.1, -0.05) is 17.7 Å². The van der Waals surface area contributed by atoms with Gasteiger partial charge in [-0.25, -0.2) is 9.78 Å². The summed E-state index contributed by atoms with van der Waals surface area (Å²) < 4.78 is 5.04. The van der Waals surface area contributed by atoms with Crippen LogP contribution in [0, 0.1) is 6.92 Å². The van der Waals surface area contributed by atoms with E-state index in [-0.39, 0.29) is 5.69 Å². The molecule has 108 valence electrons. The van der Waals surface area contributed by atoms with Crippen LogP contribution in [0.15, 0.2) is 42.9 Å². The molecule has 6 heteroatoms. The van der Waals surface area contributed by atoms with Gasteiger partial charge in [0.15, 0.2) is 11.8 Å². The number of hydrogen-bond donors (Lipinski definition) is 1. The van der Waals surface area contributed by atoms with Crippen LogP contribution in [0.3, 0.4) is 0 Å². The zero-order valence-corrected chi connectivity index (χ0v) is 11.7. The predicted octanol–water partition coefficient (Wildman–Crippen LogP) is 1.97. The van der Waals surface area contributed by atoms with Gasteiger partial charge in [-0.15, -0.1) is 0 Å². The molecule has 0 aliphatic carbocycles. The molecule has 2 rings (SSSR count). The van der Waals surface area contributed by atoms with Crippen LogP contribution < -0.4 is 5.32 Å². The molecular weight excluding hydrogens is 270 g/mol. The maximum absolute atomic E-state index is 11.9. The van der Waals surface area contributed by atoms with Crippen molar-refractivity contribution in [2.24, 2.45) is 0 Å². The van der Waals surface area contributed by atoms with Crippen LogP contribution >= 0.6 is 0 Å². The highest BCUT2D eigenvalue weighted by Crippen LogP contribution is 2.10. The summed E-state index contributed by atoms with van der Waals surface area (Å²) in [5.41, 5.74) is 1.80. The average molecular weight is 285 g/mol. The van der Waals surface area contributed by atoms with Gasteiger partial charge in [0.25, 0.3) is 5.91 Å². The van der Waals surface area contributed by atoms with Gasteiger partial charge in [0, 0.05) is 18.1 Å². The highest BCUT2D eigenvalue weighted by Gasteiger charge is 2.19. The predicted molar refractivity (Wildman–Crippen MR) is 76.7 cm³/mol. The van der Waals surface area contributed by atoms with Crippen molar-refractivity contribution in [1.29, 1.82) is 0 Å². The molecule has 0 aliphatic heterocycles. The lowest BCUT2D eigenvalue weighted by molar-refractivity contribution is -0.123. The molecule has 1 amide bonds. The molecule has 1 aromatic carbocycles. The number of aromatic nitrogens is 2. The summed E-state index contributed by atoms with van der Waals surface area (Å²) >= 11 is 0. The summed E-state index contributed by atoms with van der Waals surface area (Å²) in [4.78, 5) is 31.3. The lowest BCUT2D eigenvalue weighted by atomic mass is 10.2. The topological polar surface area (TPSA) is 81.2 Å². The van der Waals surface area contributed by atoms with E-state index in [2.05, 4.69) is 15.3 Å². The Morgan fingerprint density at radius 3 is 2.52 bits per heavy atom. The lowest BCUT2D eigenvalue weighted by Gasteiger charge is -2.13. The zero-order chi connectivity index (χ0) is 15.2. The molecule has 21 heavy (non-hydrogen) atoms. The standard InChI is InChI=1S/C15H15N3O3/c1-10-3-5-12(6-4-10)18-14(19)11(2)21-15(20)13-9-16-7-8-17-13/h3-9,11H,1-2H3,(H,18,19)/t11-/m0/s1. The number of carbonyl (C=O) groups is 2. The molecule has 0 aliphatic rings. The van der Waals surface area contributed by atoms with Crippen molar-refractivity contribution in [3.63, 3.8) is 0 Å². The number of hydrogen-bond acceptors (Lipinski definition) is 5. The minimum atomic E-state index is -0.930. The fourth-order valence-electron chi connectivity index (χ4n) is 1.56. The molecule has 0 spiro atoms. The Morgan fingerprint density at radius 2 is 1.90 bits per heavy atom. The van der Waals surface area contributed by atoms with Crippen molar-refractivity contribution in [2.45, 2.75) is 20.0 Å². The second kappa shape index (κ2) is 6.60. The maximum atomic E-state index is 11.9. The van der Waals surface area contributed by atoms with Crippen LogP contribution in [-0.4, -0.2) is 27.9 Å². The third-order valence-electron chi connectivity index (χ3n) is 2.74. The summed E-state index contributed by atoms with van der Waals surface area (Å²) in [7, 11) is 0. The maximum Gasteiger partial charge on any atom is 0.359 e. The van der Waals surface area contributed by atoms with E-state index in [1.165, 1.54) is 25.5 Å². The van der Waals surface area contributed by atoms with Crippen molar-refractivity contribution in [3.05, 3.63) is 54.1 Å². The number of nitrogens with zero attached hydrogens (tertiary/aromatic N) is 2. The van der Waals surface area contributed by atoms with Crippen LogP contribution in [0.4, 0.5) is 5.69 Å². The van der Waals surface area contributed by atoms with Gasteiger partial charge in [0.05, 0.1) is 6.20 Å². The lowest BCUT2D eigenvalue weighted by Crippen LogP contribution is -2.30. The van der Waals surface area contributed by atoms with Gasteiger partial charge in [-0.05, 0) is 26.0 Å². The summed E-state index contributed by atoms with van der Waals surface area (Å²) in [6.45, 7) is 3.45. The first kappa shape index (κ1) is 14.6. The number of benzene rings is 1. The number of aryl methyl sites for hydroxylation is 1. The number of esters is 1. The van der Waals surface area contributed by atoms with E-state index in [9.17, 15) is 9.59 Å². The van der Waals surface area contributed by atoms with Gasteiger partial charge in [-0.2, -0.15) is 0 Å². The Bertz CT molecular complexity index is 626. The molecular formula is C15H15N3O3. The van der Waals surface area contributed by atoms with Crippen molar-refractivity contribution < 1.29 is 14.3 Å².